The quantitative estimate of drug-likeness (QED) is 0.106. The summed E-state index contributed by atoms with van der Waals surface area (Å²) in [6.45, 7) is 8.26. The maximum Gasteiger partial charge on any atom is 0.0964 e. The number of nitrogens with one attached hydrogen (secondary N) is 1. The van der Waals surface area contributed by atoms with Crippen molar-refractivity contribution in [2.75, 3.05) is 0 Å². The number of aromatic nitrogens is 2. The molecule has 0 spiro atoms. The van der Waals surface area contributed by atoms with Crippen molar-refractivity contribution in [3.05, 3.63) is 248 Å². The first-order chi connectivity index (χ1) is 31.5. The zero-order chi connectivity index (χ0) is 43.1. The van der Waals surface area contributed by atoms with Crippen LogP contribution < -0.4 is 0 Å². The average molecular weight is 819 g/mol. The molecule has 0 saturated heterocycles. The maximum absolute atomic E-state index is 9.55. The Balaban J connectivity index is 1.01. The number of para-hydroxylation sites is 3. The lowest BCUT2D eigenvalue weighted by molar-refractivity contribution is 1.17. The van der Waals surface area contributed by atoms with E-state index in [9.17, 15) is 5.41 Å². The van der Waals surface area contributed by atoms with Crippen molar-refractivity contribution in [2.24, 2.45) is 4.99 Å². The summed E-state index contributed by atoms with van der Waals surface area (Å²) in [4.78, 5) is 5.07. The number of hydrogen-bond acceptors (Lipinski definition) is 2. The molecule has 0 aliphatic carbocycles. The SMILES string of the molecule is C=C/C=C\c1cc2ccccc2cc1/C=C\C(=C)C(=N)C(=Nc1ccccc1)c1ccc(-n2c3ccc(-n4c5ccccc5c5ccccc54)cc3c3cc4ccccc4cc32)cc1. The molecule has 1 N–H and O–H groups in total. The highest BCUT2D eigenvalue weighted by Gasteiger charge is 2.19. The molecule has 4 nitrogen and oxygen atoms in total. The summed E-state index contributed by atoms with van der Waals surface area (Å²) in [6.07, 6.45) is 9.73. The minimum absolute atomic E-state index is 0.248. The van der Waals surface area contributed by atoms with Gasteiger partial charge in [0, 0.05) is 38.5 Å². The molecular formula is C60H42N4. The molecule has 302 valence electrons. The van der Waals surface area contributed by atoms with Gasteiger partial charge in [0.1, 0.15) is 0 Å². The van der Waals surface area contributed by atoms with Gasteiger partial charge in [0.2, 0.25) is 0 Å². The molecule has 0 saturated carbocycles. The Morgan fingerprint density at radius 3 is 1.64 bits per heavy atom. The van der Waals surface area contributed by atoms with Crippen LogP contribution in [0.1, 0.15) is 16.7 Å². The normalized spacial score (nSPS) is 12.2. The van der Waals surface area contributed by atoms with Gasteiger partial charge >= 0.3 is 0 Å². The molecule has 0 amide bonds. The van der Waals surface area contributed by atoms with E-state index >= 15 is 0 Å². The third kappa shape index (κ3) is 6.75. The number of hydrogen-bond donors (Lipinski definition) is 1. The Morgan fingerprint density at radius 1 is 0.469 bits per heavy atom. The lowest BCUT2D eigenvalue weighted by Crippen LogP contribution is -2.16. The van der Waals surface area contributed by atoms with Gasteiger partial charge in [-0.25, -0.2) is 4.99 Å². The van der Waals surface area contributed by atoms with Crippen LogP contribution in [0.5, 0.6) is 0 Å². The Kier molecular flexibility index (Phi) is 9.60. The van der Waals surface area contributed by atoms with Crippen LogP contribution in [0.2, 0.25) is 0 Å². The van der Waals surface area contributed by atoms with E-state index in [0.29, 0.717) is 11.3 Å². The van der Waals surface area contributed by atoms with E-state index in [1.807, 2.05) is 54.6 Å². The van der Waals surface area contributed by atoms with Crippen molar-refractivity contribution in [2.45, 2.75) is 0 Å². The van der Waals surface area contributed by atoms with Gasteiger partial charge < -0.3 is 9.13 Å². The highest BCUT2D eigenvalue weighted by Crippen LogP contribution is 2.38. The number of benzene rings is 9. The van der Waals surface area contributed by atoms with Gasteiger partial charge in [0.05, 0.1) is 39.2 Å². The fourth-order valence-electron chi connectivity index (χ4n) is 9.14. The summed E-state index contributed by atoms with van der Waals surface area (Å²) in [6, 6.07) is 68.3. The van der Waals surface area contributed by atoms with Gasteiger partial charge in [-0.15, -0.1) is 0 Å². The van der Waals surface area contributed by atoms with Gasteiger partial charge in [0.25, 0.3) is 0 Å². The summed E-state index contributed by atoms with van der Waals surface area (Å²) >= 11 is 0. The first kappa shape index (κ1) is 38.3. The minimum atomic E-state index is 0.248. The third-order valence-corrected chi connectivity index (χ3v) is 12.2. The third-order valence-electron chi connectivity index (χ3n) is 12.2. The van der Waals surface area contributed by atoms with Crippen LogP contribution >= 0.6 is 0 Å². The zero-order valence-corrected chi connectivity index (χ0v) is 35.1. The van der Waals surface area contributed by atoms with E-state index < -0.39 is 0 Å². The van der Waals surface area contributed by atoms with Crippen LogP contribution in [-0.4, -0.2) is 20.6 Å². The van der Waals surface area contributed by atoms with Gasteiger partial charge in [-0.3, -0.25) is 5.41 Å². The van der Waals surface area contributed by atoms with Crippen LogP contribution in [0.25, 0.3) is 88.7 Å². The predicted octanol–water partition coefficient (Wildman–Crippen LogP) is 15.8. The van der Waals surface area contributed by atoms with E-state index in [2.05, 4.69) is 186 Å². The molecule has 2 aromatic heterocycles. The van der Waals surface area contributed by atoms with E-state index in [4.69, 9.17) is 4.99 Å². The summed E-state index contributed by atoms with van der Waals surface area (Å²) < 4.78 is 4.74. The van der Waals surface area contributed by atoms with E-state index in [1.165, 1.54) is 43.4 Å². The fourth-order valence-corrected chi connectivity index (χ4v) is 9.14. The van der Waals surface area contributed by atoms with Crippen molar-refractivity contribution >= 4 is 94.4 Å². The molecule has 0 atom stereocenters. The molecule has 11 aromatic rings. The number of rotatable bonds is 10. The molecular weight excluding hydrogens is 777 g/mol. The van der Waals surface area contributed by atoms with Crippen molar-refractivity contribution in [1.29, 1.82) is 5.41 Å². The Bertz CT molecular complexity index is 3710. The second-order valence-corrected chi connectivity index (χ2v) is 16.1. The largest absolute Gasteiger partial charge is 0.309 e. The first-order valence-corrected chi connectivity index (χ1v) is 21.5. The Morgan fingerprint density at radius 2 is 0.984 bits per heavy atom. The maximum atomic E-state index is 9.55. The van der Waals surface area contributed by atoms with Crippen LogP contribution in [0.4, 0.5) is 5.69 Å². The van der Waals surface area contributed by atoms with E-state index in [0.717, 1.165) is 55.6 Å². The number of nitrogens with zero attached hydrogens (tertiary/aromatic N) is 3. The second-order valence-electron chi connectivity index (χ2n) is 16.1. The average Bonchev–Trinajstić information content (AvgIpc) is 3.85. The van der Waals surface area contributed by atoms with Crippen LogP contribution in [0.15, 0.2) is 236 Å². The first-order valence-electron chi connectivity index (χ1n) is 21.5. The van der Waals surface area contributed by atoms with Gasteiger partial charge in [0.15, 0.2) is 0 Å². The molecule has 9 aromatic carbocycles. The zero-order valence-electron chi connectivity index (χ0n) is 35.1. The molecule has 0 radical (unpaired) electrons. The monoisotopic (exact) mass is 818 g/mol. The summed E-state index contributed by atoms with van der Waals surface area (Å²) in [5.74, 6) is 0. The standard InChI is InChI=1S/C60H42N4/c1-3-4-16-42-35-43-17-8-9-18-44(43)36-47(42)28-27-40(2)59(61)60(62-48-21-6-5-7-22-48)41-29-31-49(32-30-41)63-57-34-33-50(39-54(57)53-37-45-19-10-11-20-46(45)38-58(53)63)64-55-25-14-12-23-51(55)52-24-13-15-26-56(52)64/h3-39,61H,1-2H2/b16-4-,28-27-,61-59?,62-60?. The highest BCUT2D eigenvalue weighted by molar-refractivity contribution is 6.53. The molecule has 11 rings (SSSR count). The van der Waals surface area contributed by atoms with Crippen LogP contribution in [0, 0.1) is 5.41 Å². The summed E-state index contributed by atoms with van der Waals surface area (Å²) in [5.41, 5.74) is 11.8. The van der Waals surface area contributed by atoms with E-state index in [1.54, 1.807) is 6.08 Å². The Hall–Kier alpha value is -8.60. The topological polar surface area (TPSA) is 46.1 Å². The number of allylic oxidation sites excluding steroid dienone is 4. The van der Waals surface area contributed by atoms with Crippen molar-refractivity contribution < 1.29 is 0 Å². The molecule has 4 heteroatoms. The van der Waals surface area contributed by atoms with Gasteiger partial charge in [-0.2, -0.15) is 0 Å². The van der Waals surface area contributed by atoms with Crippen molar-refractivity contribution in [1.82, 2.24) is 9.13 Å². The summed E-state index contributed by atoms with van der Waals surface area (Å²) in [7, 11) is 0. The van der Waals surface area contributed by atoms with Crippen molar-refractivity contribution in [3.63, 3.8) is 0 Å². The molecule has 0 aliphatic rings. The highest BCUT2D eigenvalue weighted by atomic mass is 15.0. The molecule has 0 unspecified atom stereocenters. The minimum Gasteiger partial charge on any atom is -0.309 e. The molecule has 2 heterocycles. The smallest absolute Gasteiger partial charge is 0.0964 e. The molecule has 64 heavy (non-hydrogen) atoms. The van der Waals surface area contributed by atoms with Gasteiger partial charge in [-0.05, 0) is 117 Å². The lowest BCUT2D eigenvalue weighted by Gasteiger charge is -2.13. The number of aliphatic imine (C=N–C) groups is 1. The number of fused-ring (bicyclic) bond motifs is 8. The fraction of sp³-hybridized carbons (Fsp3) is 0. The summed E-state index contributed by atoms with van der Waals surface area (Å²) in [5, 5.41) is 19.1. The second kappa shape index (κ2) is 16.0. The predicted molar refractivity (Wildman–Crippen MR) is 274 cm³/mol. The molecule has 0 aliphatic heterocycles. The molecule has 0 fully saturated rings. The Labute approximate surface area is 371 Å². The van der Waals surface area contributed by atoms with Crippen LogP contribution in [-0.2, 0) is 0 Å². The lowest BCUT2D eigenvalue weighted by atomic mass is 9.97. The molecule has 0 bridgehead atoms. The van der Waals surface area contributed by atoms with E-state index in [-0.39, 0.29) is 5.71 Å². The van der Waals surface area contributed by atoms with Crippen LogP contribution in [0.3, 0.4) is 0 Å². The van der Waals surface area contributed by atoms with Crippen molar-refractivity contribution in [3.8, 4) is 11.4 Å². The van der Waals surface area contributed by atoms with Gasteiger partial charge in [-0.1, -0.05) is 159 Å².